The molecule has 1 heterocycles. The van der Waals surface area contributed by atoms with E-state index in [0.29, 0.717) is 16.9 Å². The van der Waals surface area contributed by atoms with Gasteiger partial charge in [-0.1, -0.05) is 25.1 Å². The molecule has 0 aliphatic heterocycles. The normalized spacial score (nSPS) is 10.4. The quantitative estimate of drug-likeness (QED) is 0.586. The molecule has 0 spiro atoms. The Kier molecular flexibility index (Phi) is 5.84. The van der Waals surface area contributed by atoms with E-state index in [1.54, 1.807) is 36.5 Å². The molecule has 0 radical (unpaired) electrons. The van der Waals surface area contributed by atoms with Gasteiger partial charge in [0, 0.05) is 28.8 Å². The maximum Gasteiger partial charge on any atom is 0.274 e. The van der Waals surface area contributed by atoms with Gasteiger partial charge in [0.05, 0.1) is 0 Å². The highest BCUT2D eigenvalue weighted by atomic mass is 16.2. The van der Waals surface area contributed by atoms with Crippen LogP contribution >= 0.6 is 0 Å². The first-order valence-corrected chi connectivity index (χ1v) is 9.22. The lowest BCUT2D eigenvalue weighted by molar-refractivity contribution is 0.101. The van der Waals surface area contributed by atoms with Gasteiger partial charge in [-0.3, -0.25) is 14.6 Å². The van der Waals surface area contributed by atoms with Gasteiger partial charge in [0.25, 0.3) is 5.91 Å². The van der Waals surface area contributed by atoms with Crippen molar-refractivity contribution in [3.63, 3.8) is 0 Å². The number of carbonyl (C=O) groups excluding carboxylic acids is 2. The number of anilines is 3. The van der Waals surface area contributed by atoms with Crippen LogP contribution in [0.25, 0.3) is 0 Å². The number of nitrogens with zero attached hydrogens (tertiary/aromatic N) is 1. The molecular weight excluding hydrogens is 350 g/mol. The maximum atomic E-state index is 12.6. The van der Waals surface area contributed by atoms with E-state index in [9.17, 15) is 9.59 Å². The number of aromatic nitrogens is 1. The molecule has 3 aromatic rings. The average Bonchev–Trinajstić information content (AvgIpc) is 2.70. The molecule has 0 bridgehead atoms. The molecule has 5 nitrogen and oxygen atoms in total. The molecule has 5 heteroatoms. The topological polar surface area (TPSA) is 71.1 Å². The van der Waals surface area contributed by atoms with Gasteiger partial charge < -0.3 is 10.6 Å². The number of carbonyl (C=O) groups is 2. The number of hydrogen-bond donors (Lipinski definition) is 2. The molecule has 0 unspecified atom stereocenters. The van der Waals surface area contributed by atoms with Gasteiger partial charge in [-0.2, -0.15) is 0 Å². The van der Waals surface area contributed by atoms with E-state index < -0.39 is 0 Å². The van der Waals surface area contributed by atoms with Crippen molar-refractivity contribution in [2.45, 2.75) is 27.2 Å². The molecule has 3 rings (SSSR count). The molecule has 28 heavy (non-hydrogen) atoms. The van der Waals surface area contributed by atoms with Crippen molar-refractivity contribution in [3.05, 3.63) is 83.2 Å². The molecule has 0 atom stereocenters. The number of Topliss-reactive ketones (excluding diaryl/α,β-unsaturated/α-hetero) is 1. The summed E-state index contributed by atoms with van der Waals surface area (Å²) in [5.41, 5.74) is 5.75. The Morgan fingerprint density at radius 1 is 1.00 bits per heavy atom. The summed E-state index contributed by atoms with van der Waals surface area (Å²) in [6.45, 7) is 5.68. The van der Waals surface area contributed by atoms with Crippen molar-refractivity contribution < 1.29 is 9.59 Å². The SMILES string of the molecule is CCc1cccc(C)c1Nc1ccnc(C(=O)Nc2ccc(C(C)=O)cc2)c1. The highest BCUT2D eigenvalue weighted by Crippen LogP contribution is 2.25. The van der Waals surface area contributed by atoms with Crippen LogP contribution in [0.4, 0.5) is 17.1 Å². The number of pyridine rings is 1. The summed E-state index contributed by atoms with van der Waals surface area (Å²) in [5, 5.41) is 6.22. The summed E-state index contributed by atoms with van der Waals surface area (Å²) in [6.07, 6.45) is 2.53. The molecular formula is C23H23N3O2. The number of nitrogens with one attached hydrogen (secondary N) is 2. The number of rotatable bonds is 6. The molecule has 0 aliphatic carbocycles. The number of hydrogen-bond acceptors (Lipinski definition) is 4. The summed E-state index contributed by atoms with van der Waals surface area (Å²) in [5.74, 6) is -0.319. The molecule has 142 valence electrons. The Morgan fingerprint density at radius 3 is 2.43 bits per heavy atom. The van der Waals surface area contributed by atoms with Gasteiger partial charge >= 0.3 is 0 Å². The van der Waals surface area contributed by atoms with E-state index >= 15 is 0 Å². The van der Waals surface area contributed by atoms with Crippen molar-refractivity contribution >= 4 is 28.8 Å². The van der Waals surface area contributed by atoms with Gasteiger partial charge in [0.2, 0.25) is 0 Å². The Bertz CT molecular complexity index is 1010. The van der Waals surface area contributed by atoms with Crippen LogP contribution in [-0.2, 0) is 6.42 Å². The molecule has 2 N–H and O–H groups in total. The second-order valence-corrected chi connectivity index (χ2v) is 6.61. The summed E-state index contributed by atoms with van der Waals surface area (Å²) in [6, 6.07) is 16.5. The molecule has 0 aliphatic rings. The first kappa shape index (κ1) is 19.3. The smallest absolute Gasteiger partial charge is 0.274 e. The zero-order chi connectivity index (χ0) is 20.1. The van der Waals surface area contributed by atoms with Crippen LogP contribution in [0.15, 0.2) is 60.8 Å². The fraction of sp³-hybridized carbons (Fsp3) is 0.174. The zero-order valence-electron chi connectivity index (χ0n) is 16.2. The molecule has 0 saturated carbocycles. The van der Waals surface area contributed by atoms with E-state index in [2.05, 4.69) is 41.6 Å². The van der Waals surface area contributed by atoms with Crippen LogP contribution in [0.2, 0.25) is 0 Å². The highest BCUT2D eigenvalue weighted by Gasteiger charge is 2.11. The van der Waals surface area contributed by atoms with E-state index in [4.69, 9.17) is 0 Å². The minimum atomic E-state index is -0.306. The van der Waals surface area contributed by atoms with Crippen molar-refractivity contribution in [2.24, 2.45) is 0 Å². The number of benzene rings is 2. The Labute approximate surface area is 164 Å². The monoisotopic (exact) mass is 373 g/mol. The predicted molar refractivity (Wildman–Crippen MR) is 112 cm³/mol. The summed E-state index contributed by atoms with van der Waals surface area (Å²) < 4.78 is 0. The second-order valence-electron chi connectivity index (χ2n) is 6.61. The summed E-state index contributed by atoms with van der Waals surface area (Å²) >= 11 is 0. The third-order valence-corrected chi connectivity index (χ3v) is 4.55. The predicted octanol–water partition coefficient (Wildman–Crippen LogP) is 5.15. The fourth-order valence-corrected chi connectivity index (χ4v) is 2.96. The highest BCUT2D eigenvalue weighted by molar-refractivity contribution is 6.03. The van der Waals surface area contributed by atoms with E-state index in [0.717, 1.165) is 23.4 Å². The standard InChI is InChI=1S/C23H23N3O2/c1-4-17-7-5-6-15(2)22(17)25-20-12-13-24-21(14-20)23(28)26-19-10-8-18(9-11-19)16(3)27/h5-14H,4H2,1-3H3,(H,24,25)(H,26,28). The Morgan fingerprint density at radius 2 is 1.75 bits per heavy atom. The molecule has 1 aromatic heterocycles. The lowest BCUT2D eigenvalue weighted by atomic mass is 10.1. The van der Waals surface area contributed by atoms with Gasteiger partial charge in [0.1, 0.15) is 5.69 Å². The number of ketones is 1. The van der Waals surface area contributed by atoms with Gasteiger partial charge in [-0.15, -0.1) is 0 Å². The zero-order valence-corrected chi connectivity index (χ0v) is 16.2. The third-order valence-electron chi connectivity index (χ3n) is 4.55. The van der Waals surface area contributed by atoms with Gasteiger partial charge in [0.15, 0.2) is 5.78 Å². The first-order valence-electron chi connectivity index (χ1n) is 9.22. The lowest BCUT2D eigenvalue weighted by Crippen LogP contribution is -2.14. The van der Waals surface area contributed by atoms with E-state index in [1.165, 1.54) is 12.5 Å². The lowest BCUT2D eigenvalue weighted by Gasteiger charge is -2.14. The minimum Gasteiger partial charge on any atom is -0.355 e. The number of amides is 1. The summed E-state index contributed by atoms with van der Waals surface area (Å²) in [7, 11) is 0. The van der Waals surface area contributed by atoms with Crippen LogP contribution in [0.1, 0.15) is 45.8 Å². The number of para-hydroxylation sites is 1. The minimum absolute atomic E-state index is 0.0130. The van der Waals surface area contributed by atoms with Crippen LogP contribution < -0.4 is 10.6 Å². The van der Waals surface area contributed by atoms with Crippen LogP contribution in [0, 0.1) is 6.92 Å². The third kappa shape index (κ3) is 4.43. The van der Waals surface area contributed by atoms with Gasteiger partial charge in [-0.25, -0.2) is 0 Å². The largest absolute Gasteiger partial charge is 0.355 e. The first-order chi connectivity index (χ1) is 13.5. The molecule has 0 fully saturated rings. The van der Waals surface area contributed by atoms with Crippen LogP contribution in [0.3, 0.4) is 0 Å². The van der Waals surface area contributed by atoms with Crippen molar-refractivity contribution in [2.75, 3.05) is 10.6 Å². The van der Waals surface area contributed by atoms with Crippen molar-refractivity contribution in [1.82, 2.24) is 4.98 Å². The summed E-state index contributed by atoms with van der Waals surface area (Å²) in [4.78, 5) is 28.1. The maximum absolute atomic E-state index is 12.6. The second kappa shape index (κ2) is 8.48. The molecule has 2 aromatic carbocycles. The van der Waals surface area contributed by atoms with Crippen molar-refractivity contribution in [3.8, 4) is 0 Å². The van der Waals surface area contributed by atoms with Crippen LogP contribution in [0.5, 0.6) is 0 Å². The van der Waals surface area contributed by atoms with Crippen LogP contribution in [-0.4, -0.2) is 16.7 Å². The Balaban J connectivity index is 1.77. The Hall–Kier alpha value is -3.47. The fourth-order valence-electron chi connectivity index (χ4n) is 2.96. The van der Waals surface area contributed by atoms with E-state index in [1.807, 2.05) is 12.1 Å². The molecule has 1 amide bonds. The molecule has 0 saturated heterocycles. The average molecular weight is 373 g/mol. The van der Waals surface area contributed by atoms with E-state index in [-0.39, 0.29) is 11.7 Å². The number of aryl methyl sites for hydroxylation is 2. The van der Waals surface area contributed by atoms with Gasteiger partial charge in [-0.05, 0) is 67.8 Å². The van der Waals surface area contributed by atoms with Crippen molar-refractivity contribution in [1.29, 1.82) is 0 Å².